The number of hydrogen-bond donors (Lipinski definition) is 2. The van der Waals surface area contributed by atoms with E-state index in [2.05, 4.69) is 33.5 Å². The Hall–Kier alpha value is -0.520. The molecular weight excluding hydrogens is 307 g/mol. The molecule has 96 valence electrons. The molecule has 2 atom stereocenters. The van der Waals surface area contributed by atoms with Gasteiger partial charge in [-0.2, -0.15) is 0 Å². The third-order valence-electron chi connectivity index (χ3n) is 2.91. The van der Waals surface area contributed by atoms with Gasteiger partial charge in [0.15, 0.2) is 4.67 Å². The smallest absolute Gasteiger partial charge is 0.254 e. The van der Waals surface area contributed by atoms with Gasteiger partial charge in [-0.05, 0) is 42.2 Å². The van der Waals surface area contributed by atoms with Gasteiger partial charge in [-0.25, -0.2) is 0 Å². The first-order chi connectivity index (χ1) is 7.66. The second-order valence-corrected chi connectivity index (χ2v) is 4.89. The van der Waals surface area contributed by atoms with Crippen LogP contribution in [0.2, 0.25) is 0 Å². The summed E-state index contributed by atoms with van der Waals surface area (Å²) >= 11 is 3.18. The SMILES string of the molecule is CC1NCCCC1NC(=O)c1coc(Br)c1.Cl. The molecule has 0 aromatic carbocycles. The number of piperidine rings is 1. The predicted octanol–water partition coefficient (Wildman–Crippen LogP) is 2.33. The molecule has 0 radical (unpaired) electrons. The van der Waals surface area contributed by atoms with Crippen LogP contribution < -0.4 is 10.6 Å². The maximum atomic E-state index is 11.9. The molecule has 0 saturated carbocycles. The number of nitrogens with one attached hydrogen (secondary N) is 2. The van der Waals surface area contributed by atoms with Crippen molar-refractivity contribution in [3.05, 3.63) is 22.6 Å². The van der Waals surface area contributed by atoms with Gasteiger partial charge in [-0.15, -0.1) is 12.4 Å². The van der Waals surface area contributed by atoms with E-state index in [-0.39, 0.29) is 24.4 Å². The van der Waals surface area contributed by atoms with E-state index >= 15 is 0 Å². The lowest BCUT2D eigenvalue weighted by Gasteiger charge is -2.30. The maximum absolute atomic E-state index is 11.9. The fourth-order valence-corrected chi connectivity index (χ4v) is 2.26. The summed E-state index contributed by atoms with van der Waals surface area (Å²) in [6.45, 7) is 3.13. The van der Waals surface area contributed by atoms with Crippen LogP contribution in [0.25, 0.3) is 0 Å². The molecule has 1 aliphatic rings. The Morgan fingerprint density at radius 1 is 1.65 bits per heavy atom. The monoisotopic (exact) mass is 322 g/mol. The summed E-state index contributed by atoms with van der Waals surface area (Å²) in [4.78, 5) is 11.9. The third kappa shape index (κ3) is 3.72. The van der Waals surface area contributed by atoms with Crippen molar-refractivity contribution in [1.29, 1.82) is 0 Å². The fourth-order valence-electron chi connectivity index (χ4n) is 1.92. The van der Waals surface area contributed by atoms with Gasteiger partial charge >= 0.3 is 0 Å². The number of amides is 1. The molecule has 17 heavy (non-hydrogen) atoms. The highest BCUT2D eigenvalue weighted by molar-refractivity contribution is 9.10. The van der Waals surface area contributed by atoms with Crippen LogP contribution >= 0.6 is 28.3 Å². The van der Waals surface area contributed by atoms with Crippen molar-refractivity contribution < 1.29 is 9.21 Å². The zero-order valence-corrected chi connectivity index (χ0v) is 11.9. The minimum Gasteiger partial charge on any atom is -0.457 e. The lowest BCUT2D eigenvalue weighted by molar-refractivity contribution is 0.0919. The Kier molecular flexibility index (Phi) is 5.49. The first-order valence-electron chi connectivity index (χ1n) is 5.45. The van der Waals surface area contributed by atoms with Gasteiger partial charge in [0.2, 0.25) is 0 Å². The third-order valence-corrected chi connectivity index (χ3v) is 3.32. The van der Waals surface area contributed by atoms with E-state index in [1.807, 2.05) is 0 Å². The van der Waals surface area contributed by atoms with Crippen molar-refractivity contribution in [2.45, 2.75) is 31.8 Å². The van der Waals surface area contributed by atoms with Crippen LogP contribution in [0.4, 0.5) is 0 Å². The van der Waals surface area contributed by atoms with E-state index in [0.717, 1.165) is 19.4 Å². The molecule has 4 nitrogen and oxygen atoms in total. The van der Waals surface area contributed by atoms with Gasteiger partial charge in [0.1, 0.15) is 6.26 Å². The molecule has 2 heterocycles. The molecule has 1 aromatic rings. The van der Waals surface area contributed by atoms with Gasteiger partial charge in [-0.3, -0.25) is 4.79 Å². The number of furan rings is 1. The summed E-state index contributed by atoms with van der Waals surface area (Å²) in [5.74, 6) is -0.0741. The summed E-state index contributed by atoms with van der Waals surface area (Å²) in [5.41, 5.74) is 0.560. The standard InChI is InChI=1S/C11H15BrN2O2.ClH/c1-7-9(3-2-4-13-7)14-11(15)8-5-10(12)16-6-8;/h5-7,9,13H,2-4H2,1H3,(H,14,15);1H. The van der Waals surface area contributed by atoms with Crippen LogP contribution in [0.15, 0.2) is 21.4 Å². The number of rotatable bonds is 2. The molecule has 2 rings (SSSR count). The van der Waals surface area contributed by atoms with Crippen molar-refractivity contribution >= 4 is 34.2 Å². The maximum Gasteiger partial charge on any atom is 0.254 e. The molecule has 6 heteroatoms. The molecular formula is C11H16BrClN2O2. The van der Waals surface area contributed by atoms with Crippen molar-refractivity contribution in [3.8, 4) is 0 Å². The van der Waals surface area contributed by atoms with Gasteiger partial charge < -0.3 is 15.1 Å². The molecule has 2 unspecified atom stereocenters. The molecule has 1 aromatic heterocycles. The van der Waals surface area contributed by atoms with E-state index in [1.54, 1.807) is 6.07 Å². The quantitative estimate of drug-likeness (QED) is 0.878. The van der Waals surface area contributed by atoms with E-state index < -0.39 is 0 Å². The van der Waals surface area contributed by atoms with E-state index in [9.17, 15) is 4.79 Å². The lowest BCUT2D eigenvalue weighted by atomic mass is 9.99. The van der Waals surface area contributed by atoms with E-state index in [4.69, 9.17) is 4.42 Å². The Morgan fingerprint density at radius 2 is 2.41 bits per heavy atom. The largest absolute Gasteiger partial charge is 0.457 e. The Balaban J connectivity index is 0.00000144. The molecule has 0 aliphatic carbocycles. The van der Waals surface area contributed by atoms with Crippen molar-refractivity contribution in [2.24, 2.45) is 0 Å². The Morgan fingerprint density at radius 3 is 3.00 bits per heavy atom. The molecule has 1 aliphatic heterocycles. The normalized spacial score (nSPS) is 23.9. The molecule has 0 bridgehead atoms. The topological polar surface area (TPSA) is 54.3 Å². The summed E-state index contributed by atoms with van der Waals surface area (Å²) in [6, 6.07) is 2.21. The van der Waals surface area contributed by atoms with Gasteiger partial charge in [0.25, 0.3) is 5.91 Å². The highest BCUT2D eigenvalue weighted by Crippen LogP contribution is 2.15. The first-order valence-corrected chi connectivity index (χ1v) is 6.24. The lowest BCUT2D eigenvalue weighted by Crippen LogP contribution is -2.51. The highest BCUT2D eigenvalue weighted by atomic mass is 79.9. The van der Waals surface area contributed by atoms with Crippen molar-refractivity contribution in [3.63, 3.8) is 0 Å². The average Bonchev–Trinajstić information content (AvgIpc) is 2.68. The molecule has 0 spiro atoms. The van der Waals surface area contributed by atoms with Gasteiger partial charge in [-0.1, -0.05) is 0 Å². The van der Waals surface area contributed by atoms with Crippen molar-refractivity contribution in [2.75, 3.05) is 6.54 Å². The Bertz CT molecular complexity index is 383. The zero-order chi connectivity index (χ0) is 11.5. The highest BCUT2D eigenvalue weighted by Gasteiger charge is 2.23. The number of carbonyl (C=O) groups excluding carboxylic acids is 1. The second kappa shape index (κ2) is 6.42. The van der Waals surface area contributed by atoms with Crippen LogP contribution in [0, 0.1) is 0 Å². The molecule has 1 saturated heterocycles. The summed E-state index contributed by atoms with van der Waals surface area (Å²) in [7, 11) is 0. The van der Waals surface area contributed by atoms with E-state index in [1.165, 1.54) is 6.26 Å². The minimum absolute atomic E-state index is 0. The fraction of sp³-hybridized carbons (Fsp3) is 0.545. The summed E-state index contributed by atoms with van der Waals surface area (Å²) < 4.78 is 5.62. The van der Waals surface area contributed by atoms with Crippen LogP contribution in [-0.4, -0.2) is 24.5 Å². The zero-order valence-electron chi connectivity index (χ0n) is 9.53. The van der Waals surface area contributed by atoms with Crippen LogP contribution in [0.1, 0.15) is 30.1 Å². The predicted molar refractivity (Wildman–Crippen MR) is 71.6 cm³/mol. The van der Waals surface area contributed by atoms with Crippen LogP contribution in [0.3, 0.4) is 0 Å². The minimum atomic E-state index is -0.0741. The number of halogens is 2. The van der Waals surface area contributed by atoms with Crippen LogP contribution in [-0.2, 0) is 0 Å². The first kappa shape index (κ1) is 14.5. The van der Waals surface area contributed by atoms with Gasteiger partial charge in [0, 0.05) is 18.2 Å². The average molecular weight is 324 g/mol. The number of hydrogen-bond acceptors (Lipinski definition) is 3. The summed E-state index contributed by atoms with van der Waals surface area (Å²) in [6.07, 6.45) is 3.59. The Labute approximate surface area is 115 Å². The van der Waals surface area contributed by atoms with Crippen molar-refractivity contribution in [1.82, 2.24) is 10.6 Å². The number of carbonyl (C=O) groups is 1. The molecule has 1 fully saturated rings. The molecule has 2 N–H and O–H groups in total. The van der Waals surface area contributed by atoms with Gasteiger partial charge in [0.05, 0.1) is 5.56 Å². The van der Waals surface area contributed by atoms with Crippen LogP contribution in [0.5, 0.6) is 0 Å². The second-order valence-electron chi connectivity index (χ2n) is 4.10. The van der Waals surface area contributed by atoms with E-state index in [0.29, 0.717) is 16.3 Å². The molecule has 1 amide bonds. The summed E-state index contributed by atoms with van der Waals surface area (Å²) in [5, 5.41) is 6.36.